The molecule has 0 bridgehead atoms. The standard InChI is InChI=1S/C27H29F2N7O4S/c1-35-22(37)13-36(25(39)27(35)7-8-27)20-10-15(16-9-18(23(28)29)30-12-19(16)40-2)17(11-31-20)24(38)32-26-34-33-21(41-26)6-5-14-3-4-14/h9-12,14,18,21,23,26,30,33-34H,3-4,7-8,13H2,1-2H3,(H,32,38). The van der Waals surface area contributed by atoms with E-state index in [1.807, 2.05) is 0 Å². The molecule has 4 fully saturated rings. The zero-order chi connectivity index (χ0) is 28.9. The monoisotopic (exact) mass is 585 g/mol. The molecule has 6 rings (SSSR count). The highest BCUT2D eigenvalue weighted by molar-refractivity contribution is 8.00. The summed E-state index contributed by atoms with van der Waals surface area (Å²) in [7, 11) is 3.00. The van der Waals surface area contributed by atoms with Gasteiger partial charge in [-0.15, -0.1) is 0 Å². The van der Waals surface area contributed by atoms with Crippen LogP contribution in [0.5, 0.6) is 0 Å². The van der Waals surface area contributed by atoms with E-state index in [1.54, 1.807) is 7.05 Å². The van der Waals surface area contributed by atoms with E-state index in [-0.39, 0.29) is 52.0 Å². The van der Waals surface area contributed by atoms with Gasteiger partial charge in [0.2, 0.25) is 5.91 Å². The number of carbonyl (C=O) groups is 3. The number of hydrogen-bond donors (Lipinski definition) is 4. The van der Waals surface area contributed by atoms with Gasteiger partial charge in [0.05, 0.1) is 12.7 Å². The molecule has 41 heavy (non-hydrogen) atoms. The molecule has 1 spiro atoms. The van der Waals surface area contributed by atoms with Crippen molar-refractivity contribution < 1.29 is 27.9 Å². The molecule has 1 aromatic heterocycles. The van der Waals surface area contributed by atoms with Gasteiger partial charge in [-0.3, -0.25) is 19.3 Å². The highest BCUT2D eigenvalue weighted by Crippen LogP contribution is 2.45. The van der Waals surface area contributed by atoms with Gasteiger partial charge in [0.15, 0.2) is 0 Å². The van der Waals surface area contributed by atoms with Gasteiger partial charge in [0.25, 0.3) is 18.2 Å². The van der Waals surface area contributed by atoms with Crippen LogP contribution in [0.4, 0.5) is 14.6 Å². The minimum atomic E-state index is -2.73. The van der Waals surface area contributed by atoms with Crippen molar-refractivity contribution in [2.45, 2.75) is 54.6 Å². The lowest BCUT2D eigenvalue weighted by Gasteiger charge is -2.38. The van der Waals surface area contributed by atoms with Gasteiger partial charge in [0.1, 0.15) is 40.6 Å². The number of pyridine rings is 1. The lowest BCUT2D eigenvalue weighted by Crippen LogP contribution is -2.60. The number of amides is 3. The summed E-state index contributed by atoms with van der Waals surface area (Å²) in [6.45, 7) is -0.222. The fourth-order valence-electron chi connectivity index (χ4n) is 5.01. The van der Waals surface area contributed by atoms with Crippen LogP contribution in [-0.2, 0) is 14.3 Å². The molecule has 0 aromatic carbocycles. The third-order valence-corrected chi connectivity index (χ3v) is 8.78. The van der Waals surface area contributed by atoms with E-state index in [9.17, 15) is 23.2 Å². The van der Waals surface area contributed by atoms with Gasteiger partial charge in [-0.05, 0) is 37.8 Å². The smallest absolute Gasteiger partial charge is 0.261 e. The number of nitrogens with zero attached hydrogens (tertiary/aromatic N) is 3. The van der Waals surface area contributed by atoms with Gasteiger partial charge in [0, 0.05) is 36.5 Å². The molecule has 2 saturated carbocycles. The lowest BCUT2D eigenvalue weighted by atomic mass is 9.95. The van der Waals surface area contributed by atoms with Gasteiger partial charge in [-0.25, -0.2) is 24.6 Å². The molecular weight excluding hydrogens is 556 g/mol. The van der Waals surface area contributed by atoms with E-state index in [4.69, 9.17) is 4.74 Å². The molecule has 1 aromatic rings. The molecule has 3 aliphatic heterocycles. The average molecular weight is 586 g/mol. The summed E-state index contributed by atoms with van der Waals surface area (Å²) in [5.41, 5.74) is 5.16. The number of ether oxygens (including phenoxy) is 1. The first kappa shape index (κ1) is 27.5. The Morgan fingerprint density at radius 3 is 2.73 bits per heavy atom. The van der Waals surface area contributed by atoms with Crippen molar-refractivity contribution in [3.05, 3.63) is 41.4 Å². The molecule has 0 radical (unpaired) electrons. The number of methoxy groups -OCH3 is 1. The first-order chi connectivity index (χ1) is 19.7. The number of rotatable bonds is 6. The fourth-order valence-corrected chi connectivity index (χ4v) is 5.86. The number of dihydropyridines is 1. The van der Waals surface area contributed by atoms with Gasteiger partial charge in [-0.2, -0.15) is 0 Å². The van der Waals surface area contributed by atoms with E-state index in [1.165, 1.54) is 53.2 Å². The average Bonchev–Trinajstić information content (AvgIpc) is 3.91. The normalized spacial score (nSPS) is 26.7. The van der Waals surface area contributed by atoms with Gasteiger partial charge in [-0.1, -0.05) is 23.6 Å². The summed E-state index contributed by atoms with van der Waals surface area (Å²) < 4.78 is 32.9. The Hall–Kier alpha value is -3.67. The molecule has 4 N–H and O–H groups in total. The van der Waals surface area contributed by atoms with Gasteiger partial charge >= 0.3 is 0 Å². The molecule has 3 unspecified atom stereocenters. The van der Waals surface area contributed by atoms with Crippen molar-refractivity contribution in [3.8, 4) is 11.8 Å². The van der Waals surface area contributed by atoms with Crippen molar-refractivity contribution in [2.24, 2.45) is 5.92 Å². The van der Waals surface area contributed by atoms with Crippen molar-refractivity contribution in [1.29, 1.82) is 0 Å². The zero-order valence-corrected chi connectivity index (χ0v) is 23.2. The quantitative estimate of drug-likeness (QED) is 0.363. The predicted octanol–water partition coefficient (Wildman–Crippen LogP) is 1.12. The number of allylic oxidation sites excluding steroid dienone is 1. The molecule has 2 saturated heterocycles. The molecule has 3 amide bonds. The Kier molecular flexibility index (Phi) is 7.13. The maximum absolute atomic E-state index is 13.7. The van der Waals surface area contributed by atoms with E-state index in [0.717, 1.165) is 12.8 Å². The number of hydrogen-bond acceptors (Lipinski definition) is 9. The number of nitrogens with one attached hydrogen (secondary N) is 4. The highest BCUT2D eigenvalue weighted by Gasteiger charge is 2.60. The van der Waals surface area contributed by atoms with Crippen LogP contribution in [0.25, 0.3) is 5.57 Å². The fraction of sp³-hybridized carbons (Fsp3) is 0.481. The number of likely N-dealkylation sites (N-methyl/N-ethyl adjacent to an activating group) is 1. The van der Waals surface area contributed by atoms with Crippen molar-refractivity contribution in [3.63, 3.8) is 0 Å². The predicted molar refractivity (Wildman–Crippen MR) is 147 cm³/mol. The molecule has 5 aliphatic rings. The highest BCUT2D eigenvalue weighted by atomic mass is 32.2. The first-order valence-corrected chi connectivity index (χ1v) is 14.2. The Bertz CT molecular complexity index is 1420. The second-order valence-electron chi connectivity index (χ2n) is 10.5. The van der Waals surface area contributed by atoms with Crippen LogP contribution in [0, 0.1) is 17.8 Å². The maximum Gasteiger partial charge on any atom is 0.261 e. The number of thioether (sulfide) groups is 1. The van der Waals surface area contributed by atoms with Crippen molar-refractivity contribution in [2.75, 3.05) is 25.6 Å². The Balaban J connectivity index is 1.33. The number of anilines is 1. The number of piperazine rings is 1. The van der Waals surface area contributed by atoms with Crippen LogP contribution in [0.3, 0.4) is 0 Å². The largest absolute Gasteiger partial charge is 0.495 e. The summed E-state index contributed by atoms with van der Waals surface area (Å²) in [5, 5.41) is 5.25. The van der Waals surface area contributed by atoms with Crippen LogP contribution in [-0.4, -0.2) is 77.2 Å². The zero-order valence-electron chi connectivity index (χ0n) is 22.4. The molecule has 216 valence electrons. The van der Waals surface area contributed by atoms with E-state index >= 15 is 0 Å². The summed E-state index contributed by atoms with van der Waals surface area (Å²) in [5.74, 6) is 6.10. The number of hydrazine groups is 1. The van der Waals surface area contributed by atoms with Crippen LogP contribution in [0.15, 0.2) is 30.3 Å². The van der Waals surface area contributed by atoms with Crippen LogP contribution in [0.1, 0.15) is 41.6 Å². The first-order valence-electron chi connectivity index (χ1n) is 13.3. The number of halogens is 2. The topological polar surface area (TPSA) is 128 Å². The summed E-state index contributed by atoms with van der Waals surface area (Å²) in [4.78, 5) is 46.9. The maximum atomic E-state index is 13.7. The van der Waals surface area contributed by atoms with E-state index in [0.29, 0.717) is 18.8 Å². The van der Waals surface area contributed by atoms with Crippen LogP contribution in [0.2, 0.25) is 0 Å². The summed E-state index contributed by atoms with van der Waals surface area (Å²) in [6, 6.07) is 0.144. The van der Waals surface area contributed by atoms with E-state index in [2.05, 4.69) is 38.3 Å². The number of carbonyl (C=O) groups excluding carboxylic acids is 3. The minimum Gasteiger partial charge on any atom is -0.495 e. The Morgan fingerprint density at radius 2 is 2.05 bits per heavy atom. The third kappa shape index (κ3) is 5.25. The van der Waals surface area contributed by atoms with Crippen LogP contribution >= 0.6 is 11.8 Å². The molecule has 14 heteroatoms. The summed E-state index contributed by atoms with van der Waals surface area (Å²) in [6.07, 6.45) is 4.47. The third-order valence-electron chi connectivity index (χ3n) is 7.76. The molecule has 11 nitrogen and oxygen atoms in total. The lowest BCUT2D eigenvalue weighted by molar-refractivity contribution is -0.143. The second-order valence-corrected chi connectivity index (χ2v) is 11.7. The second kappa shape index (κ2) is 10.6. The molecular formula is C27H29F2N7O4S. The number of aromatic nitrogens is 1. The molecule has 2 aliphatic carbocycles. The SMILES string of the molecule is COC1=CNC(C(F)F)C=C1c1cc(N2CC(=O)N(C)C3(CC3)C2=O)ncc1C(=O)NC1NNC(C#CC2CC2)S1. The Morgan fingerprint density at radius 1 is 1.27 bits per heavy atom. The van der Waals surface area contributed by atoms with Crippen LogP contribution < -0.4 is 26.4 Å². The van der Waals surface area contributed by atoms with Crippen molar-refractivity contribution in [1.82, 2.24) is 31.4 Å². The minimum absolute atomic E-state index is 0.0850. The van der Waals surface area contributed by atoms with E-state index < -0.39 is 29.4 Å². The Labute approximate surface area is 239 Å². The number of alkyl halides is 2. The van der Waals surface area contributed by atoms with Gasteiger partial charge < -0.3 is 20.3 Å². The molecule has 4 heterocycles. The summed E-state index contributed by atoms with van der Waals surface area (Å²) >= 11 is 1.38. The van der Waals surface area contributed by atoms with Crippen molar-refractivity contribution >= 4 is 40.9 Å². The molecule has 3 atom stereocenters.